The van der Waals surface area contributed by atoms with E-state index in [-0.39, 0.29) is 56.9 Å². The van der Waals surface area contributed by atoms with Gasteiger partial charge in [-0.1, -0.05) is 60.7 Å². The third-order valence-corrected chi connectivity index (χ3v) is 8.99. The first-order chi connectivity index (χ1) is 26.2. The van der Waals surface area contributed by atoms with E-state index in [2.05, 4.69) is 31.9 Å². The fourth-order valence-corrected chi connectivity index (χ4v) is 6.03. The molecule has 302 valence electrons. The van der Waals surface area contributed by atoms with E-state index in [9.17, 15) is 33.9 Å². The number of alkyl carbamates (subject to hydrolysis) is 1. The Kier molecular flexibility index (Phi) is 18.6. The number of hydrogen-bond acceptors (Lipinski definition) is 9. The Bertz CT molecular complexity index is 1540. The largest absolute Gasteiger partial charge is 0.444 e. The molecular weight excluding hydrogens is 706 g/mol. The van der Waals surface area contributed by atoms with Crippen LogP contribution in [0.2, 0.25) is 0 Å². The van der Waals surface area contributed by atoms with Crippen molar-refractivity contribution in [1.29, 1.82) is 0 Å². The third-order valence-electron chi connectivity index (χ3n) is 8.99. The van der Waals surface area contributed by atoms with Crippen molar-refractivity contribution in [3.05, 3.63) is 71.8 Å². The molecule has 6 amide bonds. The van der Waals surface area contributed by atoms with Crippen LogP contribution in [-0.4, -0.2) is 96.2 Å². The van der Waals surface area contributed by atoms with E-state index in [0.29, 0.717) is 38.8 Å². The van der Waals surface area contributed by atoms with Crippen molar-refractivity contribution in [2.75, 3.05) is 19.6 Å². The molecule has 0 radical (unpaired) electrons. The van der Waals surface area contributed by atoms with Crippen molar-refractivity contribution in [2.24, 2.45) is 5.73 Å². The molecule has 4 unspecified atom stereocenters. The Labute approximate surface area is 323 Å². The van der Waals surface area contributed by atoms with Crippen LogP contribution in [0.5, 0.6) is 0 Å². The second kappa shape index (κ2) is 23.0. The van der Waals surface area contributed by atoms with E-state index < -0.39 is 59.7 Å². The number of hydrogen-bond donors (Lipinski definition) is 8. The van der Waals surface area contributed by atoms with Crippen molar-refractivity contribution >= 4 is 35.6 Å². The van der Waals surface area contributed by atoms with E-state index >= 15 is 0 Å². The van der Waals surface area contributed by atoms with Gasteiger partial charge in [0.05, 0.1) is 18.2 Å². The lowest BCUT2D eigenvalue weighted by Crippen LogP contribution is -2.57. The quantitative estimate of drug-likeness (QED) is 0.213. The van der Waals surface area contributed by atoms with Crippen LogP contribution in [0, 0.1) is 0 Å². The molecule has 3 rings (SSSR count). The molecule has 0 bridgehead atoms. The molecule has 0 saturated carbocycles. The van der Waals surface area contributed by atoms with Crippen molar-refractivity contribution in [2.45, 2.75) is 121 Å². The lowest BCUT2D eigenvalue weighted by Gasteiger charge is -2.29. The number of carbonyl (C=O) groups excluding carboxylic acids is 6. The molecule has 0 aromatic heterocycles. The molecule has 55 heavy (non-hydrogen) atoms. The van der Waals surface area contributed by atoms with Crippen molar-refractivity contribution < 1.29 is 38.6 Å². The minimum absolute atomic E-state index is 0.000340. The fraction of sp³-hybridized carbons (Fsp3) is 0.550. The normalized spacial score (nSPS) is 23.7. The van der Waals surface area contributed by atoms with Gasteiger partial charge in [0.1, 0.15) is 17.7 Å². The molecule has 0 aliphatic carbocycles. The standard InChI is InChI=1S/C40H59N7O8/c1-40(2,3)55-39(54)47-30-19-11-13-23-43-35(50)21-20-34(49)42-22-12-10-18-29(36(41)51)45-38(53)32(25-28-16-8-5-9-17-28)44-26-33(48)31(46-37(30)52)24-27-14-6-4-7-15-27/h4-9,14-17,29-33,44,48H,10-13,18-26H2,1-3H3,(H2,41,51)(H,42,49)(H,43,50)(H,45,53)(H,46,52)(H,47,54)/t29-,30?,31?,32?,33?/m0/s1. The summed E-state index contributed by atoms with van der Waals surface area (Å²) < 4.78 is 5.43. The summed E-state index contributed by atoms with van der Waals surface area (Å²) in [6.07, 6.45) is 0.860. The number of benzene rings is 2. The lowest BCUT2D eigenvalue weighted by molar-refractivity contribution is -0.129. The van der Waals surface area contributed by atoms with Gasteiger partial charge < -0.3 is 47.5 Å². The molecule has 1 aliphatic heterocycles. The van der Waals surface area contributed by atoms with Gasteiger partial charge in [-0.05, 0) is 83.3 Å². The zero-order valence-corrected chi connectivity index (χ0v) is 32.2. The molecule has 2 aromatic rings. The number of amides is 6. The average Bonchev–Trinajstić information content (AvgIpc) is 3.13. The van der Waals surface area contributed by atoms with Crippen LogP contribution in [0.1, 0.15) is 83.3 Å². The first-order valence-electron chi connectivity index (χ1n) is 19.1. The summed E-state index contributed by atoms with van der Waals surface area (Å²) in [5, 5.41) is 28.7. The summed E-state index contributed by atoms with van der Waals surface area (Å²) in [7, 11) is 0. The number of ether oxygens (including phenoxy) is 1. The maximum atomic E-state index is 13.9. The number of nitrogens with one attached hydrogen (secondary N) is 6. The van der Waals surface area contributed by atoms with Crippen molar-refractivity contribution in [3.8, 4) is 0 Å². The van der Waals surface area contributed by atoms with Gasteiger partial charge in [-0.25, -0.2) is 4.79 Å². The summed E-state index contributed by atoms with van der Waals surface area (Å²) in [4.78, 5) is 77.6. The molecule has 15 heteroatoms. The van der Waals surface area contributed by atoms with Gasteiger partial charge in [0, 0.05) is 32.5 Å². The fourth-order valence-electron chi connectivity index (χ4n) is 6.03. The highest BCUT2D eigenvalue weighted by Crippen LogP contribution is 2.12. The van der Waals surface area contributed by atoms with Gasteiger partial charge in [-0.15, -0.1) is 0 Å². The molecular formula is C40H59N7O8. The minimum Gasteiger partial charge on any atom is -0.444 e. The SMILES string of the molecule is CC(C)(C)OC(=O)NC1CCCCNC(=O)CCC(=O)NCCCC[C@@H](C(N)=O)NC(=O)C(Cc2ccccc2)NCC(O)C(Cc2ccccc2)NC1=O. The second-order valence-electron chi connectivity index (χ2n) is 14.9. The predicted octanol–water partition coefficient (Wildman–Crippen LogP) is 1.51. The van der Waals surface area contributed by atoms with E-state index in [1.165, 1.54) is 0 Å². The van der Waals surface area contributed by atoms with Gasteiger partial charge in [0.25, 0.3) is 0 Å². The first-order valence-corrected chi connectivity index (χ1v) is 19.1. The van der Waals surface area contributed by atoms with Gasteiger partial charge in [-0.3, -0.25) is 24.0 Å². The Morgan fingerprint density at radius 3 is 1.87 bits per heavy atom. The highest BCUT2D eigenvalue weighted by molar-refractivity contribution is 5.89. The lowest BCUT2D eigenvalue weighted by atomic mass is 9.99. The first kappa shape index (κ1) is 44.4. The Hall–Kier alpha value is -5.02. The molecule has 2 aromatic carbocycles. The van der Waals surface area contributed by atoms with E-state index in [0.717, 1.165) is 11.1 Å². The predicted molar refractivity (Wildman–Crippen MR) is 207 cm³/mol. The summed E-state index contributed by atoms with van der Waals surface area (Å²) in [6.45, 7) is 5.64. The molecule has 9 N–H and O–H groups in total. The molecule has 5 atom stereocenters. The van der Waals surface area contributed by atoms with Crippen LogP contribution in [0.3, 0.4) is 0 Å². The van der Waals surface area contributed by atoms with Crippen LogP contribution in [-0.2, 0) is 41.6 Å². The van der Waals surface area contributed by atoms with Crippen LogP contribution in [0.25, 0.3) is 0 Å². The highest BCUT2D eigenvalue weighted by Gasteiger charge is 2.30. The number of carbonyl (C=O) groups is 6. The van der Waals surface area contributed by atoms with E-state index in [1.807, 2.05) is 60.7 Å². The number of primary amides is 1. The number of aliphatic hydroxyl groups is 1. The van der Waals surface area contributed by atoms with Crippen LogP contribution < -0.4 is 37.6 Å². The van der Waals surface area contributed by atoms with Gasteiger partial charge in [-0.2, -0.15) is 0 Å². The Balaban J connectivity index is 1.89. The molecule has 1 heterocycles. The number of nitrogens with two attached hydrogens (primary N) is 1. The summed E-state index contributed by atoms with van der Waals surface area (Å²) >= 11 is 0. The summed E-state index contributed by atoms with van der Waals surface area (Å²) in [6, 6.07) is 14.8. The van der Waals surface area contributed by atoms with Gasteiger partial charge >= 0.3 is 6.09 Å². The average molecular weight is 766 g/mol. The van der Waals surface area contributed by atoms with Crippen LogP contribution >= 0.6 is 0 Å². The van der Waals surface area contributed by atoms with E-state index in [1.54, 1.807) is 20.8 Å². The Morgan fingerprint density at radius 2 is 1.33 bits per heavy atom. The highest BCUT2D eigenvalue weighted by atomic mass is 16.6. The molecule has 1 fully saturated rings. The Morgan fingerprint density at radius 1 is 0.782 bits per heavy atom. The van der Waals surface area contributed by atoms with Crippen molar-refractivity contribution in [1.82, 2.24) is 31.9 Å². The topological polar surface area (TPSA) is 230 Å². The van der Waals surface area contributed by atoms with Crippen LogP contribution in [0.15, 0.2) is 60.7 Å². The summed E-state index contributed by atoms with van der Waals surface area (Å²) in [5.41, 5.74) is 6.53. The molecule has 15 nitrogen and oxygen atoms in total. The summed E-state index contributed by atoms with van der Waals surface area (Å²) in [5.74, 6) is -2.33. The smallest absolute Gasteiger partial charge is 0.408 e. The molecule has 1 saturated heterocycles. The van der Waals surface area contributed by atoms with E-state index in [4.69, 9.17) is 10.5 Å². The maximum absolute atomic E-state index is 13.9. The number of β-amino-alcohol motifs (C(OH)–C–C–N with tert-alkyl or cyclic N) is 1. The third kappa shape index (κ3) is 17.8. The molecule has 0 spiro atoms. The van der Waals surface area contributed by atoms with Crippen LogP contribution in [0.4, 0.5) is 4.79 Å². The molecule has 1 aliphatic rings. The monoisotopic (exact) mass is 765 g/mol. The van der Waals surface area contributed by atoms with Gasteiger partial charge in [0.2, 0.25) is 29.5 Å². The van der Waals surface area contributed by atoms with Crippen molar-refractivity contribution in [3.63, 3.8) is 0 Å². The van der Waals surface area contributed by atoms with Gasteiger partial charge in [0.15, 0.2) is 0 Å². The number of aliphatic hydroxyl groups excluding tert-OH is 1. The minimum atomic E-state index is -1.20. The zero-order valence-electron chi connectivity index (χ0n) is 32.2. The number of rotatable bonds is 6. The second-order valence-corrected chi connectivity index (χ2v) is 14.9. The zero-order chi connectivity index (χ0) is 40.2. The maximum Gasteiger partial charge on any atom is 0.408 e.